The molecule has 1 aromatic carbocycles. The minimum atomic E-state index is -0.756. The Kier molecular flexibility index (Phi) is 10.00. The van der Waals surface area contributed by atoms with Gasteiger partial charge in [0.25, 0.3) is 0 Å². The van der Waals surface area contributed by atoms with E-state index in [0.717, 1.165) is 5.56 Å². The topological polar surface area (TPSA) is 53.3 Å². The molecule has 0 saturated heterocycles. The van der Waals surface area contributed by atoms with E-state index in [2.05, 4.69) is 38.7 Å². The van der Waals surface area contributed by atoms with Crippen LogP contribution >= 0.6 is 24.0 Å². The summed E-state index contributed by atoms with van der Waals surface area (Å²) in [5, 5.41) is 9.58. The van der Waals surface area contributed by atoms with Gasteiger partial charge < -0.3 is 4.74 Å². The van der Waals surface area contributed by atoms with E-state index in [1.807, 2.05) is 37.3 Å². The number of carbonyl (C=O) groups excluding carboxylic acids is 1. The Hall–Kier alpha value is -1.42. The highest BCUT2D eigenvalue weighted by molar-refractivity contribution is 8.24. The van der Waals surface area contributed by atoms with Crippen LogP contribution in [-0.4, -0.2) is 45.0 Å². The highest BCUT2D eigenvalue weighted by Gasteiger charge is 2.28. The Morgan fingerprint density at radius 3 is 2.37 bits per heavy atom. The number of carbonyl (C=O) groups is 1. The molecular formula is C21H30N2O2S2. The molecule has 0 aliphatic heterocycles. The summed E-state index contributed by atoms with van der Waals surface area (Å²) in [6.07, 6.45) is 0.607. The zero-order valence-corrected chi connectivity index (χ0v) is 18.5. The van der Waals surface area contributed by atoms with Crippen LogP contribution in [0.5, 0.6) is 0 Å². The number of hydrogen-bond acceptors (Lipinski definition) is 6. The quantitative estimate of drug-likeness (QED) is 0.410. The van der Waals surface area contributed by atoms with Gasteiger partial charge in [0.2, 0.25) is 0 Å². The third kappa shape index (κ3) is 8.42. The van der Waals surface area contributed by atoms with Crippen molar-refractivity contribution in [3.8, 4) is 6.07 Å². The molecule has 1 rings (SSSR count). The standard InChI is InChI=1S/C21H30N2O2S2/c1-16(2)23(17(3)4)13-14-25-19(24)11-12-21(5,15-22)27-20(26)18-9-7-6-8-10-18/h6-10,16-17H,11-14H2,1-5H3. The normalized spacial score (nSPS) is 13.4. The van der Waals surface area contributed by atoms with Crippen LogP contribution in [0.4, 0.5) is 0 Å². The Morgan fingerprint density at radius 1 is 1.26 bits per heavy atom. The maximum atomic E-state index is 12.1. The van der Waals surface area contributed by atoms with Crippen molar-refractivity contribution in [1.29, 1.82) is 5.26 Å². The van der Waals surface area contributed by atoms with Gasteiger partial charge in [-0.1, -0.05) is 54.3 Å². The average molecular weight is 407 g/mol. The number of esters is 1. The molecule has 0 fully saturated rings. The molecular weight excluding hydrogens is 376 g/mol. The van der Waals surface area contributed by atoms with Gasteiger partial charge in [-0.2, -0.15) is 5.26 Å². The maximum absolute atomic E-state index is 12.1. The van der Waals surface area contributed by atoms with Gasteiger partial charge in [-0.25, -0.2) is 0 Å². The first kappa shape index (κ1) is 23.6. The van der Waals surface area contributed by atoms with Gasteiger partial charge in [0.15, 0.2) is 0 Å². The van der Waals surface area contributed by atoms with Crippen molar-refractivity contribution in [3.05, 3.63) is 35.9 Å². The van der Waals surface area contributed by atoms with E-state index in [4.69, 9.17) is 17.0 Å². The van der Waals surface area contributed by atoms with Crippen LogP contribution in [0.25, 0.3) is 0 Å². The van der Waals surface area contributed by atoms with Crippen LogP contribution in [-0.2, 0) is 9.53 Å². The van der Waals surface area contributed by atoms with Gasteiger partial charge in [-0.3, -0.25) is 9.69 Å². The number of nitriles is 1. The summed E-state index contributed by atoms with van der Waals surface area (Å²) in [6, 6.07) is 12.7. The first-order valence-corrected chi connectivity index (χ1v) is 10.5. The lowest BCUT2D eigenvalue weighted by Gasteiger charge is -2.30. The Bertz CT molecular complexity index is 648. The summed E-state index contributed by atoms with van der Waals surface area (Å²) >= 11 is 6.79. The number of ether oxygens (including phenoxy) is 1. The van der Waals surface area contributed by atoms with Crippen molar-refractivity contribution in [2.45, 2.75) is 64.3 Å². The average Bonchev–Trinajstić information content (AvgIpc) is 2.63. The van der Waals surface area contributed by atoms with E-state index in [1.165, 1.54) is 11.8 Å². The Labute approximate surface area is 173 Å². The molecule has 1 atom stereocenters. The molecule has 4 nitrogen and oxygen atoms in total. The number of hydrogen-bond donors (Lipinski definition) is 0. The SMILES string of the molecule is CC(C)N(CCOC(=O)CCC(C)(C#N)SC(=S)c1ccccc1)C(C)C. The highest BCUT2D eigenvalue weighted by Crippen LogP contribution is 2.33. The van der Waals surface area contributed by atoms with Crippen molar-refractivity contribution in [3.63, 3.8) is 0 Å². The molecule has 6 heteroatoms. The van der Waals surface area contributed by atoms with Crippen molar-refractivity contribution in [2.75, 3.05) is 13.2 Å². The zero-order chi connectivity index (χ0) is 20.4. The van der Waals surface area contributed by atoms with Gasteiger partial charge in [0.1, 0.15) is 11.4 Å². The molecule has 1 aromatic rings. The van der Waals surface area contributed by atoms with Gasteiger partial charge in [-0.05, 0) is 46.6 Å². The molecule has 0 radical (unpaired) electrons. The smallest absolute Gasteiger partial charge is 0.305 e. The number of thioether (sulfide) groups is 1. The number of nitrogens with zero attached hydrogens (tertiary/aromatic N) is 2. The monoisotopic (exact) mass is 406 g/mol. The summed E-state index contributed by atoms with van der Waals surface area (Å²) in [4.78, 5) is 14.4. The third-order valence-corrected chi connectivity index (χ3v) is 5.96. The third-order valence-electron chi connectivity index (χ3n) is 4.31. The van der Waals surface area contributed by atoms with Crippen LogP contribution in [0.3, 0.4) is 0 Å². The Balaban J connectivity index is 2.47. The summed E-state index contributed by atoms with van der Waals surface area (Å²) in [5.41, 5.74) is 0.920. The van der Waals surface area contributed by atoms with Crippen LogP contribution in [0, 0.1) is 11.3 Å². The second-order valence-electron chi connectivity index (χ2n) is 7.24. The van der Waals surface area contributed by atoms with Crippen LogP contribution in [0.1, 0.15) is 53.0 Å². The lowest BCUT2D eigenvalue weighted by molar-refractivity contribution is -0.144. The molecule has 0 amide bonds. The predicted molar refractivity (Wildman–Crippen MR) is 117 cm³/mol. The number of thiocarbonyl (C=S) groups is 1. The van der Waals surface area contributed by atoms with Crippen LogP contribution in [0.15, 0.2) is 30.3 Å². The summed E-state index contributed by atoms with van der Waals surface area (Å²) < 4.78 is 5.28. The van der Waals surface area contributed by atoms with Crippen LogP contribution in [0.2, 0.25) is 0 Å². The van der Waals surface area contributed by atoms with E-state index < -0.39 is 4.75 Å². The van der Waals surface area contributed by atoms with Gasteiger partial charge in [-0.15, -0.1) is 0 Å². The molecule has 1 unspecified atom stereocenters. The second-order valence-corrected chi connectivity index (χ2v) is 9.42. The maximum Gasteiger partial charge on any atom is 0.305 e. The largest absolute Gasteiger partial charge is 0.464 e. The van der Waals surface area contributed by atoms with Crippen molar-refractivity contribution in [2.24, 2.45) is 0 Å². The molecule has 27 heavy (non-hydrogen) atoms. The fraction of sp³-hybridized carbons (Fsp3) is 0.571. The molecule has 0 N–H and O–H groups in total. The lowest BCUT2D eigenvalue weighted by Crippen LogP contribution is -2.39. The predicted octanol–water partition coefficient (Wildman–Crippen LogP) is 4.82. The van der Waals surface area contributed by atoms with E-state index in [0.29, 0.717) is 35.9 Å². The van der Waals surface area contributed by atoms with E-state index in [-0.39, 0.29) is 12.4 Å². The molecule has 0 saturated carbocycles. The fourth-order valence-electron chi connectivity index (χ4n) is 2.76. The molecule has 0 spiro atoms. The summed E-state index contributed by atoms with van der Waals surface area (Å²) in [7, 11) is 0. The van der Waals surface area contributed by atoms with Crippen molar-refractivity contribution >= 4 is 34.1 Å². The molecule has 0 heterocycles. The zero-order valence-electron chi connectivity index (χ0n) is 16.9. The first-order chi connectivity index (χ1) is 12.7. The Morgan fingerprint density at radius 2 is 1.85 bits per heavy atom. The van der Waals surface area contributed by atoms with Crippen molar-refractivity contribution < 1.29 is 9.53 Å². The number of benzene rings is 1. The van der Waals surface area contributed by atoms with Gasteiger partial charge in [0.05, 0.1) is 10.3 Å². The van der Waals surface area contributed by atoms with E-state index >= 15 is 0 Å². The molecule has 0 aliphatic rings. The van der Waals surface area contributed by atoms with E-state index in [1.54, 1.807) is 0 Å². The lowest BCUT2D eigenvalue weighted by atomic mass is 10.1. The number of rotatable bonds is 10. The molecule has 0 aromatic heterocycles. The molecule has 0 bridgehead atoms. The minimum Gasteiger partial charge on any atom is -0.464 e. The summed E-state index contributed by atoms with van der Waals surface area (Å²) in [6.45, 7) is 11.4. The highest BCUT2D eigenvalue weighted by atomic mass is 32.2. The van der Waals surface area contributed by atoms with Gasteiger partial charge in [0, 0.05) is 25.0 Å². The molecule has 0 aliphatic carbocycles. The van der Waals surface area contributed by atoms with Crippen LogP contribution < -0.4 is 0 Å². The van der Waals surface area contributed by atoms with E-state index in [9.17, 15) is 10.1 Å². The fourth-order valence-corrected chi connectivity index (χ4v) is 4.36. The van der Waals surface area contributed by atoms with Crippen molar-refractivity contribution in [1.82, 2.24) is 4.90 Å². The minimum absolute atomic E-state index is 0.206. The molecule has 148 valence electrons. The van der Waals surface area contributed by atoms with Gasteiger partial charge >= 0.3 is 5.97 Å². The summed E-state index contributed by atoms with van der Waals surface area (Å²) in [5.74, 6) is -0.268. The first-order valence-electron chi connectivity index (χ1n) is 9.29. The second kappa shape index (κ2) is 11.4.